The number of hydrogen-bond acceptors (Lipinski definition) is 4. The molecule has 4 heteroatoms. The van der Waals surface area contributed by atoms with Crippen molar-refractivity contribution < 1.29 is 9.59 Å². The van der Waals surface area contributed by atoms with Crippen LogP contribution in [0.5, 0.6) is 0 Å². The first-order valence-corrected chi connectivity index (χ1v) is 8.27. The Labute approximate surface area is 128 Å². The Balaban J connectivity index is 1.99. The molecule has 0 spiro atoms. The molecule has 1 unspecified atom stereocenters. The van der Waals surface area contributed by atoms with Crippen molar-refractivity contribution in [3.05, 3.63) is 53.1 Å². The van der Waals surface area contributed by atoms with Gasteiger partial charge in [0.25, 0.3) is 0 Å². The van der Waals surface area contributed by atoms with Crippen molar-refractivity contribution in [3.8, 4) is 0 Å². The highest BCUT2D eigenvalue weighted by atomic mass is 32.2. The molecular formula is C17H17NO2S. The van der Waals surface area contributed by atoms with Crippen molar-refractivity contribution in [1.82, 2.24) is 5.32 Å². The molecule has 0 bridgehead atoms. The van der Waals surface area contributed by atoms with E-state index in [2.05, 4.69) is 35.8 Å². The second-order valence-corrected chi connectivity index (χ2v) is 6.16. The number of benzene rings is 1. The third-order valence-corrected chi connectivity index (χ3v) is 4.76. The average molecular weight is 299 g/mol. The van der Waals surface area contributed by atoms with Gasteiger partial charge >= 0.3 is 0 Å². The molecule has 3 nitrogen and oxygen atoms in total. The Morgan fingerprint density at radius 2 is 1.81 bits per heavy atom. The van der Waals surface area contributed by atoms with Crippen LogP contribution in [0.4, 0.5) is 0 Å². The summed E-state index contributed by atoms with van der Waals surface area (Å²) in [6.45, 7) is 1.63. The predicted octanol–water partition coefficient (Wildman–Crippen LogP) is 2.49. The molecule has 2 aliphatic rings. The van der Waals surface area contributed by atoms with Crippen LogP contribution in [0, 0.1) is 0 Å². The van der Waals surface area contributed by atoms with Gasteiger partial charge in [-0.05, 0) is 60.2 Å². The molecule has 1 aliphatic carbocycles. The lowest BCUT2D eigenvalue weighted by atomic mass is 9.82. The fourth-order valence-electron chi connectivity index (χ4n) is 2.87. The lowest BCUT2D eigenvalue weighted by Crippen LogP contribution is -2.21. The summed E-state index contributed by atoms with van der Waals surface area (Å²) in [4.78, 5) is 24.6. The first-order valence-electron chi connectivity index (χ1n) is 7.04. The quantitative estimate of drug-likeness (QED) is 0.518. The number of fused-ring (bicyclic) bond motifs is 1. The summed E-state index contributed by atoms with van der Waals surface area (Å²) in [5.74, 6) is -0.666. The lowest BCUT2D eigenvalue weighted by molar-refractivity contribution is -0.131. The zero-order valence-corrected chi connectivity index (χ0v) is 12.7. The van der Waals surface area contributed by atoms with Crippen molar-refractivity contribution in [1.29, 1.82) is 0 Å². The van der Waals surface area contributed by atoms with Gasteiger partial charge in [0.2, 0.25) is 11.6 Å². The molecule has 1 aromatic rings. The maximum atomic E-state index is 11.7. The van der Waals surface area contributed by atoms with E-state index in [1.165, 1.54) is 22.6 Å². The van der Waals surface area contributed by atoms with Crippen molar-refractivity contribution in [2.45, 2.75) is 17.2 Å². The summed E-state index contributed by atoms with van der Waals surface area (Å²) >= 11 is 1.71. The molecule has 0 aromatic heterocycles. The minimum absolute atomic E-state index is 0.131. The molecule has 1 atom stereocenters. The predicted molar refractivity (Wildman–Crippen MR) is 84.6 cm³/mol. The molecule has 1 aromatic carbocycles. The van der Waals surface area contributed by atoms with Crippen molar-refractivity contribution in [3.63, 3.8) is 0 Å². The van der Waals surface area contributed by atoms with E-state index in [4.69, 9.17) is 0 Å². The summed E-state index contributed by atoms with van der Waals surface area (Å²) < 4.78 is 0. The van der Waals surface area contributed by atoms with E-state index in [9.17, 15) is 9.59 Å². The second-order valence-electron chi connectivity index (χ2n) is 5.28. The first kappa shape index (κ1) is 14.3. The fourth-order valence-corrected chi connectivity index (χ4v) is 3.28. The van der Waals surface area contributed by atoms with E-state index < -0.39 is 11.6 Å². The topological polar surface area (TPSA) is 46.2 Å². The largest absolute Gasteiger partial charge is 0.315 e. The van der Waals surface area contributed by atoms with Gasteiger partial charge in [0.15, 0.2) is 0 Å². The van der Waals surface area contributed by atoms with Crippen LogP contribution in [0.25, 0.3) is 0 Å². The zero-order valence-electron chi connectivity index (χ0n) is 11.9. The minimum atomic E-state index is -0.401. The van der Waals surface area contributed by atoms with E-state index in [0.29, 0.717) is 0 Å². The smallest absolute Gasteiger partial charge is 0.226 e. The summed E-state index contributed by atoms with van der Waals surface area (Å²) in [5.41, 5.74) is 3.19. The highest BCUT2D eigenvalue weighted by Gasteiger charge is 2.28. The van der Waals surface area contributed by atoms with E-state index >= 15 is 0 Å². The van der Waals surface area contributed by atoms with Gasteiger partial charge in [-0.25, -0.2) is 0 Å². The van der Waals surface area contributed by atoms with Gasteiger partial charge in [0.05, 0.1) is 0 Å². The molecule has 1 heterocycles. The lowest BCUT2D eigenvalue weighted by Gasteiger charge is -2.22. The number of thioether (sulfide) groups is 1. The van der Waals surface area contributed by atoms with Gasteiger partial charge in [-0.2, -0.15) is 0 Å². The van der Waals surface area contributed by atoms with Gasteiger partial charge < -0.3 is 5.32 Å². The van der Waals surface area contributed by atoms with Crippen LogP contribution in [0.2, 0.25) is 0 Å². The van der Waals surface area contributed by atoms with Gasteiger partial charge in [-0.3, -0.25) is 9.59 Å². The molecular weight excluding hydrogens is 282 g/mol. The van der Waals surface area contributed by atoms with Gasteiger partial charge in [0, 0.05) is 17.4 Å². The number of hydrogen-bond donors (Lipinski definition) is 1. The van der Waals surface area contributed by atoms with Crippen molar-refractivity contribution in [2.75, 3.05) is 19.3 Å². The van der Waals surface area contributed by atoms with E-state index in [1.54, 1.807) is 11.8 Å². The Kier molecular flexibility index (Phi) is 4.08. The van der Waals surface area contributed by atoms with Gasteiger partial charge in [-0.1, -0.05) is 12.1 Å². The molecule has 0 saturated carbocycles. The van der Waals surface area contributed by atoms with Crippen LogP contribution in [0.1, 0.15) is 17.9 Å². The molecule has 1 fully saturated rings. The fraction of sp³-hybridized carbons (Fsp3) is 0.294. The molecule has 0 radical (unpaired) electrons. The standard InChI is InChI=1S/C17H17NO2S/c1-21-13-4-2-11(3-5-13)15-10-18-7-6-12-8-16(19)17(20)9-14(12)15/h2-5,8-9,15,18H,6-7,10H2,1H3. The monoisotopic (exact) mass is 299 g/mol. The number of carbonyl (C=O) groups is 2. The molecule has 3 rings (SSSR count). The Morgan fingerprint density at radius 3 is 2.52 bits per heavy atom. The normalized spacial score (nSPS) is 22.2. The average Bonchev–Trinajstić information content (AvgIpc) is 2.70. The highest BCUT2D eigenvalue weighted by molar-refractivity contribution is 7.98. The third kappa shape index (κ3) is 2.87. The number of allylic oxidation sites excluding steroid dienone is 2. The van der Waals surface area contributed by atoms with Gasteiger partial charge in [-0.15, -0.1) is 11.8 Å². The molecule has 1 saturated heterocycles. The third-order valence-electron chi connectivity index (χ3n) is 4.02. The molecule has 1 N–H and O–H groups in total. The summed E-state index contributed by atoms with van der Waals surface area (Å²) in [5, 5.41) is 3.40. The Morgan fingerprint density at radius 1 is 1.10 bits per heavy atom. The Bertz CT molecular complexity index is 643. The second kappa shape index (κ2) is 6.00. The number of ketones is 2. The van der Waals surface area contributed by atoms with Crippen LogP contribution >= 0.6 is 11.8 Å². The van der Waals surface area contributed by atoms with Crippen LogP contribution < -0.4 is 5.32 Å². The maximum absolute atomic E-state index is 11.7. The number of carbonyl (C=O) groups excluding carboxylic acids is 2. The molecule has 108 valence electrons. The first-order chi connectivity index (χ1) is 10.2. The summed E-state index contributed by atoms with van der Waals surface area (Å²) in [6, 6.07) is 8.43. The minimum Gasteiger partial charge on any atom is -0.315 e. The summed E-state index contributed by atoms with van der Waals surface area (Å²) in [7, 11) is 0. The number of rotatable bonds is 2. The van der Waals surface area contributed by atoms with Crippen LogP contribution in [-0.4, -0.2) is 30.9 Å². The maximum Gasteiger partial charge on any atom is 0.226 e. The molecule has 1 aliphatic heterocycles. The van der Waals surface area contributed by atoms with E-state index in [-0.39, 0.29) is 5.92 Å². The van der Waals surface area contributed by atoms with Gasteiger partial charge in [0.1, 0.15) is 0 Å². The molecule has 21 heavy (non-hydrogen) atoms. The van der Waals surface area contributed by atoms with Crippen LogP contribution in [0.15, 0.2) is 52.5 Å². The number of nitrogens with one attached hydrogen (secondary N) is 1. The van der Waals surface area contributed by atoms with Crippen molar-refractivity contribution >= 4 is 23.3 Å². The summed E-state index contributed by atoms with van der Waals surface area (Å²) in [6.07, 6.45) is 5.91. The Hall–Kier alpha value is -1.65. The molecule has 0 amide bonds. The zero-order chi connectivity index (χ0) is 14.8. The van der Waals surface area contributed by atoms with E-state index in [1.807, 2.05) is 0 Å². The van der Waals surface area contributed by atoms with Crippen LogP contribution in [0.3, 0.4) is 0 Å². The highest BCUT2D eigenvalue weighted by Crippen LogP contribution is 2.34. The van der Waals surface area contributed by atoms with Crippen molar-refractivity contribution in [2.24, 2.45) is 0 Å². The SMILES string of the molecule is CSc1ccc(C2CNCCC3=CC(=O)C(=O)C=C32)cc1. The van der Waals surface area contributed by atoms with Crippen LogP contribution in [-0.2, 0) is 9.59 Å². The van der Waals surface area contributed by atoms with E-state index in [0.717, 1.165) is 30.7 Å².